The first-order valence-electron chi connectivity index (χ1n) is 9.41. The van der Waals surface area contributed by atoms with Gasteiger partial charge in [0, 0.05) is 32.6 Å². The van der Waals surface area contributed by atoms with E-state index in [1.807, 2.05) is 43.0 Å². The monoisotopic (exact) mass is 397 g/mol. The smallest absolute Gasteiger partial charge is 0.239 e. The normalized spacial score (nSPS) is 16.3. The van der Waals surface area contributed by atoms with Crippen LogP contribution < -0.4 is 10.5 Å². The summed E-state index contributed by atoms with van der Waals surface area (Å²) < 4.78 is 5.14. The molecule has 152 valence electrons. The van der Waals surface area contributed by atoms with Gasteiger partial charge in [0.1, 0.15) is 5.75 Å². The van der Waals surface area contributed by atoms with E-state index in [1.54, 1.807) is 12.0 Å². The number of aryl methyl sites for hydroxylation is 1. The predicted octanol–water partition coefficient (Wildman–Crippen LogP) is 2.09. The minimum absolute atomic E-state index is 0. The molecule has 27 heavy (non-hydrogen) atoms. The fourth-order valence-electron chi connectivity index (χ4n) is 3.09. The Balaban J connectivity index is 0.00000364. The van der Waals surface area contributed by atoms with Crippen molar-refractivity contribution < 1.29 is 14.3 Å². The maximum absolute atomic E-state index is 12.4. The van der Waals surface area contributed by atoms with Gasteiger partial charge in [-0.25, -0.2) is 0 Å². The number of ether oxygens (including phenoxy) is 1. The number of benzene rings is 1. The van der Waals surface area contributed by atoms with Crippen molar-refractivity contribution in [3.63, 3.8) is 0 Å². The second-order valence-corrected chi connectivity index (χ2v) is 6.97. The largest absolute Gasteiger partial charge is 0.497 e. The average molecular weight is 398 g/mol. The number of hydrogen-bond acceptors (Lipinski definition) is 4. The number of carbonyl (C=O) groups is 2. The van der Waals surface area contributed by atoms with Gasteiger partial charge in [0.2, 0.25) is 11.8 Å². The molecule has 1 aromatic carbocycles. The van der Waals surface area contributed by atoms with Gasteiger partial charge in [-0.3, -0.25) is 9.59 Å². The van der Waals surface area contributed by atoms with Crippen molar-refractivity contribution in [1.29, 1.82) is 0 Å². The summed E-state index contributed by atoms with van der Waals surface area (Å²) >= 11 is 0. The van der Waals surface area contributed by atoms with Crippen molar-refractivity contribution in [1.82, 2.24) is 9.80 Å². The van der Waals surface area contributed by atoms with Crippen molar-refractivity contribution in [3.8, 4) is 5.75 Å². The number of nitrogens with two attached hydrogens (primary N) is 1. The van der Waals surface area contributed by atoms with Gasteiger partial charge in [0.15, 0.2) is 0 Å². The highest BCUT2D eigenvalue weighted by molar-refractivity contribution is 5.85. The van der Waals surface area contributed by atoms with E-state index in [0.717, 1.165) is 17.7 Å². The molecule has 2 N–H and O–H groups in total. The molecular weight excluding hydrogens is 366 g/mol. The molecule has 1 fully saturated rings. The van der Waals surface area contributed by atoms with E-state index in [0.29, 0.717) is 39.0 Å². The van der Waals surface area contributed by atoms with Crippen molar-refractivity contribution >= 4 is 24.2 Å². The lowest BCUT2D eigenvalue weighted by Gasteiger charge is -2.36. The van der Waals surface area contributed by atoms with Crippen LogP contribution in [0.4, 0.5) is 0 Å². The van der Waals surface area contributed by atoms with E-state index >= 15 is 0 Å². The Labute approximate surface area is 168 Å². The van der Waals surface area contributed by atoms with Crippen LogP contribution >= 0.6 is 12.4 Å². The molecule has 0 bridgehead atoms. The standard InChI is InChI=1S/C20H31N3O3.ClH/c1-4-15(2)19(21)20(25)23-13-11-22(12-14-23)18(24)10-7-16-5-8-17(26-3)9-6-16;/h5-6,8-9,15,19H,4,7,10-14,21H2,1-3H3;1H. The van der Waals surface area contributed by atoms with Crippen LogP contribution in [0, 0.1) is 5.92 Å². The number of amides is 2. The summed E-state index contributed by atoms with van der Waals surface area (Å²) in [5.41, 5.74) is 7.17. The first kappa shape index (κ1) is 23.2. The topological polar surface area (TPSA) is 75.9 Å². The highest BCUT2D eigenvalue weighted by atomic mass is 35.5. The van der Waals surface area contributed by atoms with Crippen LogP contribution in [0.2, 0.25) is 0 Å². The molecule has 1 aliphatic heterocycles. The van der Waals surface area contributed by atoms with E-state index in [4.69, 9.17) is 10.5 Å². The second-order valence-electron chi connectivity index (χ2n) is 6.97. The molecule has 0 aliphatic carbocycles. The van der Waals surface area contributed by atoms with Gasteiger partial charge < -0.3 is 20.3 Å². The van der Waals surface area contributed by atoms with Gasteiger partial charge in [-0.1, -0.05) is 32.4 Å². The quantitative estimate of drug-likeness (QED) is 0.764. The van der Waals surface area contributed by atoms with Gasteiger partial charge in [0.05, 0.1) is 13.2 Å². The Morgan fingerprint density at radius 2 is 1.67 bits per heavy atom. The summed E-state index contributed by atoms with van der Waals surface area (Å²) in [5.74, 6) is 1.13. The number of carbonyl (C=O) groups excluding carboxylic acids is 2. The van der Waals surface area contributed by atoms with Gasteiger partial charge in [-0.05, 0) is 30.0 Å². The van der Waals surface area contributed by atoms with Gasteiger partial charge >= 0.3 is 0 Å². The molecule has 1 saturated heterocycles. The Morgan fingerprint density at radius 3 is 2.19 bits per heavy atom. The summed E-state index contributed by atoms with van der Waals surface area (Å²) in [6.07, 6.45) is 2.07. The Hall–Kier alpha value is -1.79. The van der Waals surface area contributed by atoms with Gasteiger partial charge in [-0.2, -0.15) is 0 Å². The molecule has 0 aromatic heterocycles. The zero-order valence-corrected chi connectivity index (χ0v) is 17.3. The fourth-order valence-corrected chi connectivity index (χ4v) is 3.09. The molecule has 1 heterocycles. The number of nitrogens with zero attached hydrogens (tertiary/aromatic N) is 2. The first-order valence-corrected chi connectivity index (χ1v) is 9.41. The lowest BCUT2D eigenvalue weighted by atomic mass is 9.98. The minimum Gasteiger partial charge on any atom is -0.497 e. The highest BCUT2D eigenvalue weighted by Gasteiger charge is 2.29. The van der Waals surface area contributed by atoms with Crippen LogP contribution in [-0.2, 0) is 16.0 Å². The Kier molecular flexibility index (Phi) is 9.60. The highest BCUT2D eigenvalue weighted by Crippen LogP contribution is 2.14. The molecule has 2 amide bonds. The van der Waals surface area contributed by atoms with Gasteiger partial charge in [0.25, 0.3) is 0 Å². The summed E-state index contributed by atoms with van der Waals surface area (Å²) in [4.78, 5) is 28.5. The van der Waals surface area contributed by atoms with Crippen LogP contribution in [0.1, 0.15) is 32.3 Å². The van der Waals surface area contributed by atoms with E-state index in [1.165, 1.54) is 0 Å². The molecule has 0 spiro atoms. The first-order chi connectivity index (χ1) is 12.5. The van der Waals surface area contributed by atoms with Gasteiger partial charge in [-0.15, -0.1) is 12.4 Å². The summed E-state index contributed by atoms with van der Waals surface area (Å²) in [6.45, 7) is 6.34. The maximum Gasteiger partial charge on any atom is 0.239 e. The number of rotatable bonds is 7. The zero-order valence-electron chi connectivity index (χ0n) is 16.5. The van der Waals surface area contributed by atoms with Crippen LogP contribution in [0.15, 0.2) is 24.3 Å². The van der Waals surface area contributed by atoms with E-state index in [9.17, 15) is 9.59 Å². The summed E-state index contributed by atoms with van der Waals surface area (Å²) in [7, 11) is 1.64. The third-order valence-corrected chi connectivity index (χ3v) is 5.27. The molecule has 7 heteroatoms. The predicted molar refractivity (Wildman–Crippen MR) is 109 cm³/mol. The van der Waals surface area contributed by atoms with Crippen molar-refractivity contribution in [2.45, 2.75) is 39.2 Å². The maximum atomic E-state index is 12.4. The fraction of sp³-hybridized carbons (Fsp3) is 0.600. The van der Waals surface area contributed by atoms with Crippen LogP contribution in [0.5, 0.6) is 5.75 Å². The third-order valence-electron chi connectivity index (χ3n) is 5.27. The van der Waals surface area contributed by atoms with Crippen LogP contribution in [0.3, 0.4) is 0 Å². The van der Waals surface area contributed by atoms with Crippen LogP contribution in [0.25, 0.3) is 0 Å². The van der Waals surface area contributed by atoms with Crippen molar-refractivity contribution in [2.24, 2.45) is 11.7 Å². The molecule has 0 saturated carbocycles. The Morgan fingerprint density at radius 1 is 1.11 bits per heavy atom. The number of hydrogen-bond donors (Lipinski definition) is 1. The zero-order chi connectivity index (χ0) is 19.1. The van der Waals surface area contributed by atoms with E-state index in [-0.39, 0.29) is 30.1 Å². The summed E-state index contributed by atoms with van der Waals surface area (Å²) in [5, 5.41) is 0. The molecule has 0 radical (unpaired) electrons. The third kappa shape index (κ3) is 6.40. The molecule has 6 nitrogen and oxygen atoms in total. The number of piperazine rings is 1. The number of halogens is 1. The Bertz CT molecular complexity index is 601. The molecule has 2 rings (SSSR count). The summed E-state index contributed by atoms with van der Waals surface area (Å²) in [6, 6.07) is 7.34. The molecule has 1 aliphatic rings. The SMILES string of the molecule is CCC(C)C(N)C(=O)N1CCN(C(=O)CCc2ccc(OC)cc2)CC1.Cl. The van der Waals surface area contributed by atoms with Crippen molar-refractivity contribution in [3.05, 3.63) is 29.8 Å². The second kappa shape index (κ2) is 11.1. The minimum atomic E-state index is -0.447. The molecule has 2 atom stereocenters. The lowest BCUT2D eigenvalue weighted by Crippen LogP contribution is -2.55. The molecule has 2 unspecified atom stereocenters. The van der Waals surface area contributed by atoms with Crippen molar-refractivity contribution in [2.75, 3.05) is 33.3 Å². The van der Waals surface area contributed by atoms with E-state index < -0.39 is 6.04 Å². The molecule has 1 aromatic rings. The van der Waals surface area contributed by atoms with Crippen LogP contribution in [-0.4, -0.2) is 60.9 Å². The number of methoxy groups -OCH3 is 1. The lowest BCUT2D eigenvalue weighted by molar-refractivity contribution is -0.141. The van der Waals surface area contributed by atoms with E-state index in [2.05, 4.69) is 0 Å². The molecular formula is C20H32ClN3O3. The average Bonchev–Trinajstić information content (AvgIpc) is 2.70.